The molecule has 1 amide bonds. The average Bonchev–Trinajstić information content (AvgIpc) is 3.78. The van der Waals surface area contributed by atoms with Crippen LogP contribution in [0.3, 0.4) is 0 Å². The van der Waals surface area contributed by atoms with Gasteiger partial charge in [0.1, 0.15) is 5.60 Å². The standard InChI is InChI=1S/C41H47NO5/c1-28-8-6-21-40(2)37(20-22-41(40)27-42(39(45)47-41)26-34-11-7-23-46-34)35-19-13-29(24-33(43)18-12-28)25-36(35)38(44)32-16-14-31(15-17-32)30-9-4-3-5-10-30/h3-5,8-10,13-17,19,25,33-34,37,43H,6-7,11-12,18,20-24,26-27H2,1-2H3/t33-,34+,37-,40-,41+/m0/s1. The fourth-order valence-electron chi connectivity index (χ4n) is 8.76. The highest BCUT2D eigenvalue weighted by atomic mass is 16.6. The fraction of sp³-hybridized carbons (Fsp3) is 0.463. The number of hydrogen-bond donors (Lipinski definition) is 1. The van der Waals surface area contributed by atoms with Crippen LogP contribution >= 0.6 is 0 Å². The van der Waals surface area contributed by atoms with Gasteiger partial charge in [0.15, 0.2) is 5.78 Å². The van der Waals surface area contributed by atoms with Crippen molar-refractivity contribution in [3.8, 4) is 11.1 Å². The minimum atomic E-state index is -0.640. The summed E-state index contributed by atoms with van der Waals surface area (Å²) in [5.74, 6) is 0.0154. The van der Waals surface area contributed by atoms with Crippen LogP contribution in [-0.4, -0.2) is 59.4 Å². The van der Waals surface area contributed by atoms with Crippen LogP contribution in [0.25, 0.3) is 11.1 Å². The zero-order valence-corrected chi connectivity index (χ0v) is 27.8. The number of benzene rings is 3. The maximum atomic E-state index is 14.5. The van der Waals surface area contributed by atoms with E-state index in [1.54, 1.807) is 0 Å². The second kappa shape index (κ2) is 13.0. The Balaban J connectivity index is 1.27. The van der Waals surface area contributed by atoms with Crippen LogP contribution in [0.1, 0.15) is 98.2 Å². The molecular weight excluding hydrogens is 586 g/mol. The van der Waals surface area contributed by atoms with Crippen LogP contribution in [0.4, 0.5) is 4.79 Å². The van der Waals surface area contributed by atoms with Gasteiger partial charge in [0, 0.05) is 23.1 Å². The number of nitrogens with zero attached hydrogens (tertiary/aromatic N) is 1. The lowest BCUT2D eigenvalue weighted by atomic mass is 9.64. The highest BCUT2D eigenvalue weighted by Crippen LogP contribution is 2.61. The summed E-state index contributed by atoms with van der Waals surface area (Å²) < 4.78 is 12.4. The Morgan fingerprint density at radius 3 is 2.53 bits per heavy atom. The van der Waals surface area contributed by atoms with Gasteiger partial charge >= 0.3 is 6.09 Å². The Labute approximate surface area is 278 Å². The molecule has 2 saturated heterocycles. The number of hydrogen-bond acceptors (Lipinski definition) is 5. The predicted molar refractivity (Wildman–Crippen MR) is 184 cm³/mol. The van der Waals surface area contributed by atoms with Gasteiger partial charge < -0.3 is 19.5 Å². The second-order valence-electron chi connectivity index (χ2n) is 14.6. The van der Waals surface area contributed by atoms with Gasteiger partial charge in [0.05, 0.1) is 25.3 Å². The molecule has 3 aromatic rings. The summed E-state index contributed by atoms with van der Waals surface area (Å²) in [4.78, 5) is 29.8. The van der Waals surface area contributed by atoms with Crippen LogP contribution < -0.4 is 0 Å². The lowest BCUT2D eigenvalue weighted by Crippen LogP contribution is -2.48. The van der Waals surface area contributed by atoms with Crippen molar-refractivity contribution >= 4 is 11.9 Å². The van der Waals surface area contributed by atoms with Gasteiger partial charge in [-0.2, -0.15) is 0 Å². The van der Waals surface area contributed by atoms with Crippen LogP contribution in [0.15, 0.2) is 84.4 Å². The molecule has 2 heterocycles. The summed E-state index contributed by atoms with van der Waals surface area (Å²) in [6.07, 6.45) is 8.92. The lowest BCUT2D eigenvalue weighted by Gasteiger charge is -2.43. The zero-order chi connectivity index (χ0) is 32.6. The van der Waals surface area contributed by atoms with Crippen LogP contribution in [0, 0.1) is 5.41 Å². The zero-order valence-electron chi connectivity index (χ0n) is 27.8. The summed E-state index contributed by atoms with van der Waals surface area (Å²) in [5, 5.41) is 11.0. The first-order valence-electron chi connectivity index (χ1n) is 17.5. The van der Waals surface area contributed by atoms with Gasteiger partial charge in [-0.15, -0.1) is 0 Å². The Kier molecular flexibility index (Phi) is 8.84. The van der Waals surface area contributed by atoms with E-state index in [4.69, 9.17) is 9.47 Å². The molecule has 1 saturated carbocycles. The highest BCUT2D eigenvalue weighted by Gasteiger charge is 2.64. The first-order chi connectivity index (χ1) is 22.7. The van der Waals surface area contributed by atoms with E-state index < -0.39 is 11.7 Å². The number of aliphatic hydroxyl groups excluding tert-OH is 1. The molecular formula is C41H47NO5. The first kappa shape index (κ1) is 31.8. The summed E-state index contributed by atoms with van der Waals surface area (Å²) in [7, 11) is 0. The average molecular weight is 634 g/mol. The van der Waals surface area contributed by atoms with Crippen LogP contribution in [0.2, 0.25) is 0 Å². The minimum absolute atomic E-state index is 0.00879. The maximum Gasteiger partial charge on any atom is 0.410 e. The molecule has 3 aromatic carbocycles. The molecule has 0 aromatic heterocycles. The normalized spacial score (nSPS) is 29.4. The second-order valence-corrected chi connectivity index (χ2v) is 14.6. The Hall–Kier alpha value is -3.74. The first-order valence-corrected chi connectivity index (χ1v) is 17.5. The SMILES string of the molecule is CC1=CCC[C@@]2(C)[C@@H](CC[C@@]23CN(C[C@H]2CCCO2)C(=O)O3)c2ccc(cc2C(=O)c2ccc(-c3ccccc3)cc2)C[C@@H](O)CC1. The third kappa shape index (κ3) is 6.18. The molecule has 6 heteroatoms. The van der Waals surface area contributed by atoms with E-state index >= 15 is 0 Å². The van der Waals surface area contributed by atoms with Gasteiger partial charge in [-0.3, -0.25) is 4.79 Å². The molecule has 1 N–H and O–H groups in total. The highest BCUT2D eigenvalue weighted by molar-refractivity contribution is 6.10. The lowest BCUT2D eigenvalue weighted by molar-refractivity contribution is -0.0374. The largest absolute Gasteiger partial charge is 0.440 e. The summed E-state index contributed by atoms with van der Waals surface area (Å²) >= 11 is 0. The molecule has 3 fully saturated rings. The van der Waals surface area contributed by atoms with Crippen molar-refractivity contribution < 1.29 is 24.2 Å². The number of ether oxygens (including phenoxy) is 2. The summed E-state index contributed by atoms with van der Waals surface area (Å²) in [6.45, 7) is 6.32. The molecule has 47 heavy (non-hydrogen) atoms. The molecule has 3 aliphatic carbocycles. The molecule has 5 atom stereocenters. The number of aliphatic hydroxyl groups is 1. The third-order valence-electron chi connectivity index (χ3n) is 11.6. The topological polar surface area (TPSA) is 76.1 Å². The van der Waals surface area contributed by atoms with Crippen molar-refractivity contribution in [1.82, 2.24) is 4.90 Å². The van der Waals surface area contributed by atoms with Crippen molar-refractivity contribution in [3.63, 3.8) is 0 Å². The number of fused-ring (bicyclic) bond motifs is 8. The van der Waals surface area contributed by atoms with Gasteiger partial charge in [0.25, 0.3) is 0 Å². The fourth-order valence-corrected chi connectivity index (χ4v) is 8.76. The molecule has 246 valence electrons. The predicted octanol–water partition coefficient (Wildman–Crippen LogP) is 8.26. The maximum absolute atomic E-state index is 14.5. The molecule has 6 nitrogen and oxygen atoms in total. The van der Waals surface area contributed by atoms with Gasteiger partial charge in [-0.25, -0.2) is 4.79 Å². The Morgan fingerprint density at radius 1 is 0.979 bits per heavy atom. The molecule has 2 aliphatic heterocycles. The van der Waals surface area contributed by atoms with Crippen molar-refractivity contribution in [3.05, 3.63) is 107 Å². The smallest absolute Gasteiger partial charge is 0.410 e. The van der Waals surface area contributed by atoms with E-state index in [1.165, 1.54) is 5.57 Å². The van der Waals surface area contributed by atoms with Gasteiger partial charge in [-0.1, -0.05) is 85.3 Å². The monoisotopic (exact) mass is 633 g/mol. The molecule has 0 radical (unpaired) electrons. The van der Waals surface area contributed by atoms with E-state index in [2.05, 4.69) is 44.2 Å². The van der Waals surface area contributed by atoms with Crippen molar-refractivity contribution in [2.24, 2.45) is 5.41 Å². The van der Waals surface area contributed by atoms with E-state index in [0.717, 1.165) is 73.8 Å². The number of allylic oxidation sites excluding steroid dienone is 2. The van der Waals surface area contributed by atoms with Crippen molar-refractivity contribution in [1.29, 1.82) is 0 Å². The van der Waals surface area contributed by atoms with Crippen molar-refractivity contribution in [2.75, 3.05) is 19.7 Å². The third-order valence-corrected chi connectivity index (χ3v) is 11.6. The molecule has 1 spiro atoms. The van der Waals surface area contributed by atoms with E-state index in [-0.39, 0.29) is 29.3 Å². The number of carbonyl (C=O) groups excluding carboxylic acids is 2. The Morgan fingerprint density at radius 2 is 1.77 bits per heavy atom. The van der Waals surface area contributed by atoms with Crippen LogP contribution in [0.5, 0.6) is 0 Å². The van der Waals surface area contributed by atoms with E-state index in [9.17, 15) is 14.7 Å². The molecule has 0 unspecified atom stereocenters. The van der Waals surface area contributed by atoms with E-state index in [0.29, 0.717) is 37.1 Å². The van der Waals surface area contributed by atoms with Gasteiger partial charge in [-0.05, 0) is 98.9 Å². The number of ketones is 1. The summed E-state index contributed by atoms with van der Waals surface area (Å²) in [5.41, 5.74) is 5.76. The van der Waals surface area contributed by atoms with E-state index in [1.807, 2.05) is 53.4 Å². The Bertz CT molecular complexity index is 1640. The molecule has 2 bridgehead atoms. The minimum Gasteiger partial charge on any atom is -0.440 e. The quantitative estimate of drug-likeness (QED) is 0.226. The van der Waals surface area contributed by atoms with Crippen molar-refractivity contribution in [2.45, 2.75) is 95.4 Å². The number of rotatable bonds is 5. The number of carbonyl (C=O) groups is 2. The van der Waals surface area contributed by atoms with Crippen LogP contribution in [-0.2, 0) is 15.9 Å². The molecule has 8 rings (SSSR count). The summed E-state index contributed by atoms with van der Waals surface area (Å²) in [6, 6.07) is 24.3. The molecule has 5 aliphatic rings. The number of amides is 1. The van der Waals surface area contributed by atoms with Gasteiger partial charge in [0.2, 0.25) is 0 Å².